The number of rotatable bonds is 2. The third kappa shape index (κ3) is 2.72. The zero-order valence-electron chi connectivity index (χ0n) is 11.4. The third-order valence-corrected chi connectivity index (χ3v) is 3.97. The molecule has 3 N–H and O–H groups in total. The van der Waals surface area contributed by atoms with Gasteiger partial charge in [-0.2, -0.15) is 0 Å². The van der Waals surface area contributed by atoms with E-state index in [0.29, 0.717) is 19.0 Å². The molecule has 108 valence electrons. The molecule has 1 amide bonds. The summed E-state index contributed by atoms with van der Waals surface area (Å²) in [7, 11) is 0. The van der Waals surface area contributed by atoms with Gasteiger partial charge in [0.1, 0.15) is 13.2 Å². The predicted molar refractivity (Wildman–Crippen MR) is 76.0 cm³/mol. The van der Waals surface area contributed by atoms with Crippen molar-refractivity contribution < 1.29 is 14.3 Å². The molecule has 0 radical (unpaired) electrons. The summed E-state index contributed by atoms with van der Waals surface area (Å²) in [5.41, 5.74) is 6.77. The smallest absolute Gasteiger partial charge is 0.229 e. The lowest BCUT2D eigenvalue weighted by molar-refractivity contribution is -0.121. The summed E-state index contributed by atoms with van der Waals surface area (Å²) >= 11 is 0. The highest BCUT2D eigenvalue weighted by molar-refractivity contribution is 5.93. The lowest BCUT2D eigenvalue weighted by Crippen LogP contribution is -2.40. The fourth-order valence-corrected chi connectivity index (χ4v) is 2.84. The van der Waals surface area contributed by atoms with Gasteiger partial charge in [-0.15, -0.1) is 0 Å². The van der Waals surface area contributed by atoms with Gasteiger partial charge in [0.2, 0.25) is 5.91 Å². The minimum atomic E-state index is -0.0862. The van der Waals surface area contributed by atoms with Gasteiger partial charge < -0.3 is 20.5 Å². The maximum Gasteiger partial charge on any atom is 0.229 e. The van der Waals surface area contributed by atoms with Crippen LogP contribution in [0.1, 0.15) is 25.7 Å². The molecule has 1 heterocycles. The van der Waals surface area contributed by atoms with Gasteiger partial charge in [-0.05, 0) is 25.0 Å². The Morgan fingerprint density at radius 2 is 1.90 bits per heavy atom. The van der Waals surface area contributed by atoms with Crippen molar-refractivity contribution in [2.45, 2.75) is 31.7 Å². The Morgan fingerprint density at radius 3 is 2.70 bits per heavy atom. The maximum absolute atomic E-state index is 12.3. The highest BCUT2D eigenvalue weighted by atomic mass is 16.6. The molecule has 2 atom stereocenters. The first-order valence-electron chi connectivity index (χ1n) is 7.20. The van der Waals surface area contributed by atoms with Gasteiger partial charge >= 0.3 is 0 Å². The Kier molecular flexibility index (Phi) is 3.78. The van der Waals surface area contributed by atoms with Gasteiger partial charge in [0.15, 0.2) is 11.5 Å². The average Bonchev–Trinajstić information content (AvgIpc) is 2.47. The molecule has 0 aromatic heterocycles. The molecule has 3 rings (SSSR count). The summed E-state index contributed by atoms with van der Waals surface area (Å²) in [5.74, 6) is 1.33. The molecule has 1 aliphatic heterocycles. The van der Waals surface area contributed by atoms with Crippen LogP contribution in [0.15, 0.2) is 18.2 Å². The number of hydrogen-bond donors (Lipinski definition) is 2. The fraction of sp³-hybridized carbons (Fsp3) is 0.533. The monoisotopic (exact) mass is 276 g/mol. The summed E-state index contributed by atoms with van der Waals surface area (Å²) < 4.78 is 11.0. The number of benzene rings is 1. The number of carbonyl (C=O) groups excluding carboxylic acids is 1. The average molecular weight is 276 g/mol. The van der Waals surface area contributed by atoms with E-state index >= 15 is 0 Å². The van der Waals surface area contributed by atoms with Crippen molar-refractivity contribution in [3.8, 4) is 11.5 Å². The largest absolute Gasteiger partial charge is 0.486 e. The predicted octanol–water partition coefficient (Wildman–Crippen LogP) is 1.91. The van der Waals surface area contributed by atoms with E-state index in [2.05, 4.69) is 5.32 Å². The van der Waals surface area contributed by atoms with Gasteiger partial charge in [-0.1, -0.05) is 12.8 Å². The molecule has 1 aromatic carbocycles. The molecule has 5 nitrogen and oxygen atoms in total. The molecule has 2 aliphatic rings. The number of hydrogen-bond acceptors (Lipinski definition) is 4. The summed E-state index contributed by atoms with van der Waals surface area (Å²) in [6, 6.07) is 5.44. The van der Waals surface area contributed by atoms with Crippen LogP contribution in [0.2, 0.25) is 0 Å². The zero-order chi connectivity index (χ0) is 13.9. The van der Waals surface area contributed by atoms with Crippen molar-refractivity contribution in [1.29, 1.82) is 0 Å². The topological polar surface area (TPSA) is 73.6 Å². The van der Waals surface area contributed by atoms with E-state index in [-0.39, 0.29) is 17.9 Å². The Balaban J connectivity index is 1.69. The minimum absolute atomic E-state index is 0.00822. The lowest BCUT2D eigenvalue weighted by atomic mass is 9.84. The Morgan fingerprint density at radius 1 is 1.15 bits per heavy atom. The quantitative estimate of drug-likeness (QED) is 0.865. The second-order valence-corrected chi connectivity index (χ2v) is 5.40. The first-order chi connectivity index (χ1) is 9.74. The highest BCUT2D eigenvalue weighted by Gasteiger charge is 2.28. The van der Waals surface area contributed by atoms with Crippen LogP contribution in [0.4, 0.5) is 5.69 Å². The molecule has 5 heteroatoms. The summed E-state index contributed by atoms with van der Waals surface area (Å²) in [4.78, 5) is 12.3. The second-order valence-electron chi connectivity index (χ2n) is 5.40. The van der Waals surface area contributed by atoms with E-state index in [1.54, 1.807) is 6.07 Å². The van der Waals surface area contributed by atoms with Crippen LogP contribution in [0.5, 0.6) is 11.5 Å². The number of ether oxygens (including phenoxy) is 2. The number of nitrogens with two attached hydrogens (primary N) is 1. The zero-order valence-corrected chi connectivity index (χ0v) is 11.4. The summed E-state index contributed by atoms with van der Waals surface area (Å²) in [5, 5.41) is 2.94. The van der Waals surface area contributed by atoms with Crippen LogP contribution >= 0.6 is 0 Å². The van der Waals surface area contributed by atoms with Gasteiger partial charge in [0.25, 0.3) is 0 Å². The molecule has 0 spiro atoms. The van der Waals surface area contributed by atoms with Crippen LogP contribution in [-0.2, 0) is 4.79 Å². The number of amides is 1. The number of nitrogens with one attached hydrogen (secondary N) is 1. The second kappa shape index (κ2) is 5.71. The van der Waals surface area contributed by atoms with Gasteiger partial charge in [0, 0.05) is 17.8 Å². The first-order valence-corrected chi connectivity index (χ1v) is 7.20. The van der Waals surface area contributed by atoms with Crippen LogP contribution in [0.25, 0.3) is 0 Å². The van der Waals surface area contributed by atoms with Crippen LogP contribution in [-0.4, -0.2) is 25.2 Å². The van der Waals surface area contributed by atoms with E-state index in [0.717, 1.165) is 37.1 Å². The highest BCUT2D eigenvalue weighted by Crippen LogP contribution is 2.33. The summed E-state index contributed by atoms with van der Waals surface area (Å²) in [6.07, 6.45) is 4.00. The normalized spacial score (nSPS) is 25.1. The maximum atomic E-state index is 12.3. The van der Waals surface area contributed by atoms with E-state index in [9.17, 15) is 4.79 Å². The van der Waals surface area contributed by atoms with Crippen molar-refractivity contribution in [3.63, 3.8) is 0 Å². The molecular formula is C15H20N2O3. The van der Waals surface area contributed by atoms with E-state index < -0.39 is 0 Å². The molecule has 1 aliphatic carbocycles. The van der Waals surface area contributed by atoms with Crippen molar-refractivity contribution in [2.75, 3.05) is 18.5 Å². The summed E-state index contributed by atoms with van der Waals surface area (Å²) in [6.45, 7) is 1.10. The van der Waals surface area contributed by atoms with E-state index in [4.69, 9.17) is 15.2 Å². The van der Waals surface area contributed by atoms with Gasteiger partial charge in [-0.25, -0.2) is 0 Å². The van der Waals surface area contributed by atoms with Crippen LogP contribution in [0.3, 0.4) is 0 Å². The van der Waals surface area contributed by atoms with Gasteiger partial charge in [0.05, 0.1) is 5.92 Å². The SMILES string of the molecule is NC1CCCCC1C(=O)Nc1ccc2c(c1)OCCO2. The minimum Gasteiger partial charge on any atom is -0.486 e. The molecule has 0 bridgehead atoms. The van der Waals surface area contributed by atoms with Crippen molar-refractivity contribution >= 4 is 11.6 Å². The molecule has 1 fully saturated rings. The molecular weight excluding hydrogens is 256 g/mol. The van der Waals surface area contributed by atoms with E-state index in [1.165, 1.54) is 0 Å². The third-order valence-electron chi connectivity index (χ3n) is 3.97. The first kappa shape index (κ1) is 13.2. The Labute approximate surface area is 118 Å². The molecule has 2 unspecified atom stereocenters. The Bertz CT molecular complexity index is 504. The number of anilines is 1. The number of fused-ring (bicyclic) bond motifs is 1. The van der Waals surface area contributed by atoms with Gasteiger partial charge in [-0.3, -0.25) is 4.79 Å². The van der Waals surface area contributed by atoms with Crippen LogP contribution < -0.4 is 20.5 Å². The van der Waals surface area contributed by atoms with Crippen molar-refractivity contribution in [3.05, 3.63) is 18.2 Å². The molecule has 1 aromatic rings. The van der Waals surface area contributed by atoms with Crippen molar-refractivity contribution in [2.24, 2.45) is 11.7 Å². The number of carbonyl (C=O) groups is 1. The lowest BCUT2D eigenvalue weighted by Gasteiger charge is -2.27. The van der Waals surface area contributed by atoms with Crippen LogP contribution in [0, 0.1) is 5.92 Å². The molecule has 20 heavy (non-hydrogen) atoms. The Hall–Kier alpha value is -1.75. The molecule has 0 saturated heterocycles. The van der Waals surface area contributed by atoms with E-state index in [1.807, 2.05) is 12.1 Å². The standard InChI is InChI=1S/C15H20N2O3/c16-12-4-2-1-3-11(12)15(18)17-10-5-6-13-14(9-10)20-8-7-19-13/h5-6,9,11-12H,1-4,7-8,16H2,(H,17,18). The molecule has 1 saturated carbocycles. The van der Waals surface area contributed by atoms with Crippen molar-refractivity contribution in [1.82, 2.24) is 0 Å². The fourth-order valence-electron chi connectivity index (χ4n) is 2.84.